The average molecular weight is 2160 g/mol. The second-order valence-electron chi connectivity index (χ2n) is 33.7. The lowest BCUT2D eigenvalue weighted by molar-refractivity contribution is 0.200. The van der Waals surface area contributed by atoms with Crippen LogP contribution < -0.4 is 40.1 Å². The predicted octanol–water partition coefficient (Wildman–Crippen LogP) is 21.6. The van der Waals surface area contributed by atoms with Gasteiger partial charge in [-0.1, -0.05) is 82.5 Å². The summed E-state index contributed by atoms with van der Waals surface area (Å²) < 4.78 is 95.2. The molecule has 0 bridgehead atoms. The largest absolute Gasteiger partial charge is 0.396 e. The van der Waals surface area contributed by atoms with Crippen LogP contribution in [0.2, 0.25) is 0 Å². The molecular formula is C103H103FN24O7S11. The van der Waals surface area contributed by atoms with Gasteiger partial charge in [-0.3, -0.25) is 36.0 Å². The number of nitrogen functional groups attached to an aromatic ring is 7. The molecule has 146 heavy (non-hydrogen) atoms. The molecule has 18 heterocycles. The Morgan fingerprint density at radius 1 is 0.370 bits per heavy atom. The van der Waals surface area contributed by atoms with E-state index in [-0.39, 0.29) is 17.7 Å². The first-order chi connectivity index (χ1) is 70.9. The number of imidazole rings is 2. The summed E-state index contributed by atoms with van der Waals surface area (Å²) in [6.07, 6.45) is 33.0. The van der Waals surface area contributed by atoms with Crippen molar-refractivity contribution in [2.75, 3.05) is 96.3 Å². The monoisotopic (exact) mass is 2160 g/mol. The van der Waals surface area contributed by atoms with Crippen molar-refractivity contribution >= 4 is 213 Å². The maximum atomic E-state index is 13.5. The van der Waals surface area contributed by atoms with Crippen molar-refractivity contribution in [3.63, 3.8) is 0 Å². The standard InChI is InChI=1S/C23H25N5OS2.C21H20FN5OS2.C21H21N5O2S2.C19H19N5O2S2.C19H18N4OS3/c1-3-4-10-31(29)23-20(24)19-16(18-13-26-21(28(18)2)14-7-8-14)11-17(27-22(19)30-23)15-6-5-9-25-12-15;1-2-3-8-30(28)20-18(23)17-15(12-4-6-14(22)7-5-12)9-16(27-19(17)29-20)13-10-25-21(24)26-11-13;1-28-8-5-9-30(27)20-18(22)17-15(13-6-3-2-4-7-13)10-16(26-19(17)29-20)14-11-24-21(23)25-12-14;1-24-11-22-10-15(24)13-8-14(12-4-3-5-21-9-12)23-18-16(13)17(20)19(27-18)28(25)7-6-26-2;1-2-3-9-27(24)19-16(20)15-13(17-22-7-8-25-17)10-14(23-18(15)26-19)12-5-4-6-21-11-12/h5-6,9,11-14H,3-4,7-8,10,24H2,1-2H3;4-7,9-11H,2-3,8,23H2,1H3,(H2,24,25,26);2-4,6-7,10-12H,5,8-9,22H2,1H3,(H2,23,24,25);3-5,8-11H,6-7,20H2,1-2H3;4-8,10-11H,2-3,9,20H2,1H3/t;30-;;;/m.1.../s1. The van der Waals surface area contributed by atoms with Crippen LogP contribution >= 0.6 is 68.0 Å². The number of nitrogens with two attached hydrogens (primary N) is 7. The minimum absolute atomic E-state index is 0.174. The van der Waals surface area contributed by atoms with E-state index in [1.807, 2.05) is 120 Å². The van der Waals surface area contributed by atoms with Gasteiger partial charge in [0.15, 0.2) is 0 Å². The maximum absolute atomic E-state index is 13.5. The first kappa shape index (κ1) is 104. The molecular weight excluding hydrogens is 2060 g/mol. The lowest BCUT2D eigenvalue weighted by Crippen LogP contribution is -2.04. The number of anilines is 7. The van der Waals surface area contributed by atoms with Crippen molar-refractivity contribution in [3.05, 3.63) is 225 Å². The minimum atomic E-state index is -1.25. The predicted molar refractivity (Wildman–Crippen MR) is 599 cm³/mol. The van der Waals surface area contributed by atoms with Crippen molar-refractivity contribution in [1.29, 1.82) is 0 Å². The molecule has 31 nitrogen and oxygen atoms in total. The summed E-state index contributed by atoms with van der Waals surface area (Å²) in [4.78, 5) is 70.0. The quantitative estimate of drug-likeness (QED) is 0.0193. The van der Waals surface area contributed by atoms with Crippen LogP contribution in [0.25, 0.3) is 163 Å². The van der Waals surface area contributed by atoms with Crippen molar-refractivity contribution in [2.24, 2.45) is 14.1 Å². The number of ether oxygens (including phenoxy) is 2. The number of hydrogen-bond acceptors (Lipinski definition) is 35. The van der Waals surface area contributed by atoms with Crippen LogP contribution in [0.4, 0.5) is 44.7 Å². The molecule has 18 aromatic heterocycles. The lowest BCUT2D eigenvalue weighted by atomic mass is 10.0. The number of aryl methyl sites for hydroxylation is 1. The minimum Gasteiger partial charge on any atom is -0.396 e. The Kier molecular flexibility index (Phi) is 34.3. The van der Waals surface area contributed by atoms with Crippen molar-refractivity contribution in [2.45, 2.75) is 106 Å². The number of thiazole rings is 1. The van der Waals surface area contributed by atoms with E-state index >= 15 is 0 Å². The van der Waals surface area contributed by atoms with Crippen LogP contribution in [0.3, 0.4) is 0 Å². The fraction of sp³-hybridized carbons (Fsp3) is 0.233. The highest BCUT2D eigenvalue weighted by Crippen LogP contribution is 2.51. The van der Waals surface area contributed by atoms with Gasteiger partial charge in [-0.25, -0.2) is 64.2 Å². The Hall–Kier alpha value is -13.2. The van der Waals surface area contributed by atoms with Gasteiger partial charge < -0.3 is 58.7 Å². The molecule has 4 unspecified atom stereocenters. The summed E-state index contributed by atoms with van der Waals surface area (Å²) in [6, 6.07) is 37.6. The zero-order valence-corrected chi connectivity index (χ0v) is 89.5. The van der Waals surface area contributed by atoms with Gasteiger partial charge in [0.1, 0.15) is 61.8 Å². The molecule has 5 atom stereocenters. The summed E-state index contributed by atoms with van der Waals surface area (Å²) >= 11 is 8.49. The van der Waals surface area contributed by atoms with Crippen LogP contribution in [0.5, 0.6) is 0 Å². The first-order valence-corrected chi connectivity index (χ1v) is 58.1. The van der Waals surface area contributed by atoms with Crippen LogP contribution in [-0.2, 0) is 77.6 Å². The number of methoxy groups -OCH3 is 2. The number of aromatic nitrogens is 17. The number of halogens is 1. The van der Waals surface area contributed by atoms with Crippen molar-refractivity contribution in [3.8, 4) is 112 Å². The molecule has 2 aromatic carbocycles. The topological polar surface area (TPSA) is 489 Å². The zero-order valence-electron chi connectivity index (χ0n) is 80.5. The van der Waals surface area contributed by atoms with E-state index < -0.39 is 54.0 Å². The molecule has 43 heteroatoms. The van der Waals surface area contributed by atoms with Gasteiger partial charge in [0.05, 0.1) is 153 Å². The molecule has 20 aromatic rings. The highest BCUT2D eigenvalue weighted by atomic mass is 32.2. The summed E-state index contributed by atoms with van der Waals surface area (Å²) in [6.45, 7) is 7.22. The lowest BCUT2D eigenvalue weighted by Gasteiger charge is -2.10. The van der Waals surface area contributed by atoms with Gasteiger partial charge in [0.2, 0.25) is 11.9 Å². The van der Waals surface area contributed by atoms with Crippen LogP contribution in [0.15, 0.2) is 235 Å². The van der Waals surface area contributed by atoms with Crippen LogP contribution in [0, 0.1) is 5.82 Å². The molecule has 14 N–H and O–H groups in total. The molecule has 0 radical (unpaired) electrons. The third kappa shape index (κ3) is 23.4. The SMILES string of the molecule is CCCCS(=O)c1sc2nc(-c3cccnc3)cc(-c3cnc(C4CC4)n3C)c2c1N.CCCCS(=O)c1sc2nc(-c3cccnc3)cc(-c3nccs3)c2c1N.CCCC[S@@](=O)c1sc2nc(-c3cnc(N)nc3)cc(-c3ccc(F)cc3)c2c1N.COCCCS(=O)c1sc2nc(-c3cnc(N)nc3)cc(-c3ccccc3)c2c1N.COCCS(=O)c1sc2nc(-c3cccnc3)cc(-c3cncn3C)c2c1N. The third-order valence-electron chi connectivity index (χ3n) is 23.6. The molecule has 0 spiro atoms. The Bertz CT molecular complexity index is 8140. The Morgan fingerprint density at radius 3 is 1.10 bits per heavy atom. The number of hydrogen-bond donors (Lipinski definition) is 7. The van der Waals surface area contributed by atoms with Gasteiger partial charge in [-0.2, -0.15) is 0 Å². The van der Waals surface area contributed by atoms with E-state index in [1.54, 1.807) is 112 Å². The molecule has 0 amide bonds. The Labute approximate surface area is 877 Å². The molecule has 1 saturated carbocycles. The number of pyridine rings is 8. The second kappa shape index (κ2) is 48.0. The van der Waals surface area contributed by atoms with Crippen LogP contribution in [-0.4, -0.2) is 161 Å². The zero-order chi connectivity index (χ0) is 102. The highest BCUT2D eigenvalue weighted by Gasteiger charge is 2.32. The fourth-order valence-electron chi connectivity index (χ4n) is 16.0. The Balaban J connectivity index is 0.000000125. The van der Waals surface area contributed by atoms with Crippen molar-refractivity contribution in [1.82, 2.24) is 83.9 Å². The molecule has 750 valence electrons. The number of fused-ring (bicyclic) bond motifs is 5. The molecule has 1 aliphatic rings. The van der Waals surface area contributed by atoms with E-state index in [2.05, 4.69) is 83.3 Å². The highest BCUT2D eigenvalue weighted by molar-refractivity contribution is 7.89. The first-order valence-electron chi connectivity index (χ1n) is 46.5. The molecule has 21 rings (SSSR count). The Morgan fingerprint density at radius 2 is 0.733 bits per heavy atom. The molecule has 0 saturated heterocycles. The summed E-state index contributed by atoms with van der Waals surface area (Å²) in [7, 11) is 1.33. The number of thiophene rings is 5. The van der Waals surface area contributed by atoms with E-state index in [9.17, 15) is 25.4 Å². The molecule has 1 fully saturated rings. The van der Waals surface area contributed by atoms with Gasteiger partial charge in [0.25, 0.3) is 0 Å². The molecule has 0 aliphatic heterocycles. The number of unbranched alkanes of at least 4 members (excludes halogenated alkanes) is 3. The number of rotatable bonds is 32. The fourth-order valence-corrected chi connectivity index (χ4v) is 30.2. The van der Waals surface area contributed by atoms with E-state index in [1.165, 1.54) is 81.7 Å². The second-order valence-corrected chi connectivity index (χ2v) is 48.4. The number of benzene rings is 2. The molecule has 1 aliphatic carbocycles. The average Bonchev–Trinajstić information content (AvgIpc) is 1.62. The van der Waals surface area contributed by atoms with E-state index in [0.29, 0.717) is 121 Å². The van der Waals surface area contributed by atoms with Gasteiger partial charge in [-0.15, -0.1) is 68.0 Å². The normalized spacial score (nSPS) is 12.9. The van der Waals surface area contributed by atoms with Gasteiger partial charge in [0, 0.05) is 209 Å². The van der Waals surface area contributed by atoms with Crippen molar-refractivity contribution < 1.29 is 34.9 Å². The maximum Gasteiger partial charge on any atom is 0.219 e. The summed E-state index contributed by atoms with van der Waals surface area (Å²) in [5, 5.41) is 6.90. The van der Waals surface area contributed by atoms with Crippen LogP contribution in [0.1, 0.15) is 90.3 Å². The smallest absolute Gasteiger partial charge is 0.219 e. The van der Waals surface area contributed by atoms with Gasteiger partial charge in [-0.05, 0) is 140 Å². The van der Waals surface area contributed by atoms with Gasteiger partial charge >= 0.3 is 0 Å². The van der Waals surface area contributed by atoms with E-state index in [4.69, 9.17) is 79.5 Å². The summed E-state index contributed by atoms with van der Waals surface area (Å²) in [5.74, 6) is 4.40. The summed E-state index contributed by atoms with van der Waals surface area (Å²) in [5.41, 5.74) is 62.6. The van der Waals surface area contributed by atoms with E-state index in [0.717, 1.165) is 189 Å². The third-order valence-corrected chi connectivity index (χ3v) is 39.3. The number of nitrogens with zero attached hydrogens (tertiary/aromatic N) is 17.